The van der Waals surface area contributed by atoms with Crippen LogP contribution < -0.4 is 0 Å². The van der Waals surface area contributed by atoms with Crippen molar-refractivity contribution < 1.29 is 8.76 Å². The monoisotopic (exact) mass is 610 g/mol. The Bertz CT molecular complexity index is 2060. The van der Waals surface area contributed by atoms with Crippen LogP contribution in [0, 0.1) is 11.3 Å². The largest absolute Gasteiger partial charge is 0.768 e. The standard InChI is InChI=1S/C21H13NO2S.2C8H6S/c22-13-14-9-11-15(12-10-14)20-16-5-1-3-7-18(16)21(25(23)24)19-8-4-2-6-17(19)20;2*1-2-4-8-7(3-1)5-6-9-8/h1-12H,(H,23,24);2*1-6H/p-1. The number of nitriles is 1. The molecule has 8 rings (SSSR count). The second kappa shape index (κ2) is 13.1. The molecule has 3 nitrogen and oxygen atoms in total. The molecule has 0 saturated carbocycles. The van der Waals surface area contributed by atoms with Gasteiger partial charge in [-0.2, -0.15) is 5.26 Å². The van der Waals surface area contributed by atoms with Crippen LogP contribution in [0.2, 0.25) is 0 Å². The third kappa shape index (κ3) is 6.12. The normalized spacial score (nSPS) is 11.3. The van der Waals surface area contributed by atoms with Gasteiger partial charge >= 0.3 is 0 Å². The van der Waals surface area contributed by atoms with Crippen molar-refractivity contribution in [1.82, 2.24) is 0 Å². The molecule has 6 heteroatoms. The minimum atomic E-state index is -2.34. The third-order valence-electron chi connectivity index (χ3n) is 7.07. The van der Waals surface area contributed by atoms with Crippen LogP contribution in [0.15, 0.2) is 149 Å². The van der Waals surface area contributed by atoms with Crippen molar-refractivity contribution >= 4 is 75.5 Å². The van der Waals surface area contributed by atoms with Gasteiger partial charge in [-0.3, -0.25) is 4.21 Å². The highest BCUT2D eigenvalue weighted by Crippen LogP contribution is 2.40. The van der Waals surface area contributed by atoms with E-state index in [9.17, 15) is 8.76 Å². The van der Waals surface area contributed by atoms with Crippen LogP contribution in [0.4, 0.5) is 0 Å². The highest BCUT2D eigenvalue weighted by Gasteiger charge is 2.15. The molecule has 0 amide bonds. The lowest BCUT2D eigenvalue weighted by Gasteiger charge is -2.18. The lowest BCUT2D eigenvalue weighted by Crippen LogP contribution is -1.96. The van der Waals surface area contributed by atoms with E-state index in [0.29, 0.717) is 21.2 Å². The van der Waals surface area contributed by atoms with E-state index < -0.39 is 11.1 Å². The van der Waals surface area contributed by atoms with Crippen molar-refractivity contribution in [2.75, 3.05) is 0 Å². The van der Waals surface area contributed by atoms with Gasteiger partial charge in [0.05, 0.1) is 11.6 Å². The zero-order chi connectivity index (χ0) is 29.6. The molecule has 0 saturated heterocycles. The Balaban J connectivity index is 0.000000147. The van der Waals surface area contributed by atoms with Crippen LogP contribution in [0.3, 0.4) is 0 Å². The molecule has 0 bridgehead atoms. The number of hydrogen-bond acceptors (Lipinski definition) is 5. The minimum absolute atomic E-state index is 0.323. The van der Waals surface area contributed by atoms with Crippen LogP contribution in [-0.2, 0) is 11.1 Å². The van der Waals surface area contributed by atoms with Crippen LogP contribution >= 0.6 is 22.7 Å². The van der Waals surface area contributed by atoms with Gasteiger partial charge in [0.15, 0.2) is 0 Å². The Morgan fingerprint density at radius 3 is 1.44 bits per heavy atom. The summed E-state index contributed by atoms with van der Waals surface area (Å²) in [5.74, 6) is 0. The highest BCUT2D eigenvalue weighted by molar-refractivity contribution is 7.79. The van der Waals surface area contributed by atoms with E-state index in [1.165, 1.54) is 20.2 Å². The summed E-state index contributed by atoms with van der Waals surface area (Å²) in [6, 6.07) is 45.6. The fraction of sp³-hybridized carbons (Fsp3) is 0. The Kier molecular flexibility index (Phi) is 8.69. The molecule has 208 valence electrons. The fourth-order valence-electron chi connectivity index (χ4n) is 5.10. The van der Waals surface area contributed by atoms with Crippen molar-refractivity contribution in [3.8, 4) is 17.2 Å². The molecule has 0 radical (unpaired) electrons. The number of fused-ring (bicyclic) bond motifs is 4. The van der Waals surface area contributed by atoms with Crippen molar-refractivity contribution in [2.45, 2.75) is 4.90 Å². The summed E-state index contributed by atoms with van der Waals surface area (Å²) in [5, 5.41) is 19.1. The van der Waals surface area contributed by atoms with Gasteiger partial charge in [-0.25, -0.2) is 0 Å². The Hall–Kier alpha value is -4.64. The molecule has 0 fully saturated rings. The lowest BCUT2D eigenvalue weighted by molar-refractivity contribution is 0.539. The molecule has 2 aromatic heterocycles. The Labute approximate surface area is 260 Å². The maximum absolute atomic E-state index is 11.9. The van der Waals surface area contributed by atoms with Crippen molar-refractivity contribution in [2.24, 2.45) is 0 Å². The summed E-state index contributed by atoms with van der Waals surface area (Å²) in [6.45, 7) is 0. The molecule has 6 aromatic carbocycles. The van der Waals surface area contributed by atoms with E-state index in [4.69, 9.17) is 5.26 Å². The molecule has 1 atom stereocenters. The van der Waals surface area contributed by atoms with Gasteiger partial charge in [0.2, 0.25) is 0 Å². The van der Waals surface area contributed by atoms with Gasteiger partial charge in [0, 0.05) is 14.3 Å². The zero-order valence-corrected chi connectivity index (χ0v) is 25.3. The maximum Gasteiger partial charge on any atom is 0.0991 e. The predicted molar refractivity (Wildman–Crippen MR) is 182 cm³/mol. The van der Waals surface area contributed by atoms with E-state index in [0.717, 1.165) is 21.9 Å². The molecule has 0 aliphatic rings. The molecular formula is C37H24NO2S3-. The van der Waals surface area contributed by atoms with E-state index >= 15 is 0 Å². The van der Waals surface area contributed by atoms with Gasteiger partial charge in [-0.1, -0.05) is 97.1 Å². The van der Waals surface area contributed by atoms with Gasteiger partial charge < -0.3 is 4.55 Å². The van der Waals surface area contributed by atoms with Crippen molar-refractivity contribution in [1.29, 1.82) is 5.26 Å². The second-order valence-electron chi connectivity index (χ2n) is 9.64. The lowest BCUT2D eigenvalue weighted by atomic mass is 9.91. The molecule has 0 spiro atoms. The SMILES string of the molecule is N#Cc1ccc(-c2c3ccccc3c(S(=O)[O-])c3ccccc23)cc1.c1ccc2sccc2c1.c1ccc2sccc2c1. The number of nitrogens with zero attached hydrogens (tertiary/aromatic N) is 1. The number of rotatable bonds is 2. The third-order valence-corrected chi connectivity index (χ3v) is 9.64. The summed E-state index contributed by atoms with van der Waals surface area (Å²) in [7, 11) is 0. The van der Waals surface area contributed by atoms with E-state index in [1.54, 1.807) is 34.8 Å². The summed E-state index contributed by atoms with van der Waals surface area (Å²) in [4.78, 5) is 0.323. The summed E-state index contributed by atoms with van der Waals surface area (Å²) >= 11 is 1.23. The quantitative estimate of drug-likeness (QED) is 0.144. The Morgan fingerprint density at radius 1 is 0.558 bits per heavy atom. The highest BCUT2D eigenvalue weighted by atomic mass is 32.2. The van der Waals surface area contributed by atoms with Crippen LogP contribution in [0.5, 0.6) is 0 Å². The minimum Gasteiger partial charge on any atom is -0.768 e. The zero-order valence-electron chi connectivity index (χ0n) is 22.8. The van der Waals surface area contributed by atoms with Crippen molar-refractivity contribution in [3.63, 3.8) is 0 Å². The smallest absolute Gasteiger partial charge is 0.0991 e. The van der Waals surface area contributed by atoms with Crippen LogP contribution in [0.25, 0.3) is 52.8 Å². The first-order valence-corrected chi connectivity index (χ1v) is 16.3. The van der Waals surface area contributed by atoms with Gasteiger partial charge in [-0.15, -0.1) is 22.7 Å². The van der Waals surface area contributed by atoms with E-state index in [-0.39, 0.29) is 0 Å². The molecule has 1 unspecified atom stereocenters. The van der Waals surface area contributed by atoms with Gasteiger partial charge in [-0.05, 0) is 102 Å². The Morgan fingerprint density at radius 2 is 1.00 bits per heavy atom. The second-order valence-corrected chi connectivity index (χ2v) is 12.4. The van der Waals surface area contributed by atoms with E-state index in [2.05, 4.69) is 77.5 Å². The average Bonchev–Trinajstić information content (AvgIpc) is 3.74. The first-order chi connectivity index (χ1) is 21.1. The summed E-state index contributed by atoms with van der Waals surface area (Å²) in [6.07, 6.45) is 0. The molecule has 0 N–H and O–H groups in total. The molecular weight excluding hydrogens is 587 g/mol. The summed E-state index contributed by atoms with van der Waals surface area (Å²) < 4.78 is 26.6. The number of hydrogen-bond donors (Lipinski definition) is 0. The average molecular weight is 611 g/mol. The molecule has 0 aliphatic heterocycles. The topological polar surface area (TPSA) is 63.9 Å². The molecule has 8 aromatic rings. The van der Waals surface area contributed by atoms with Crippen LogP contribution in [-0.4, -0.2) is 8.76 Å². The molecule has 2 heterocycles. The van der Waals surface area contributed by atoms with Gasteiger partial charge in [0.25, 0.3) is 0 Å². The molecule has 43 heavy (non-hydrogen) atoms. The predicted octanol–water partition coefficient (Wildman–Crippen LogP) is 10.6. The first kappa shape index (κ1) is 28.5. The maximum atomic E-state index is 11.9. The number of thiophene rings is 2. The fourth-order valence-corrected chi connectivity index (χ4v) is 7.40. The van der Waals surface area contributed by atoms with E-state index in [1.807, 2.05) is 60.7 Å². The first-order valence-electron chi connectivity index (χ1n) is 13.5. The van der Waals surface area contributed by atoms with Crippen molar-refractivity contribution in [3.05, 3.63) is 150 Å². The van der Waals surface area contributed by atoms with Gasteiger partial charge in [0.1, 0.15) is 0 Å². The summed E-state index contributed by atoms with van der Waals surface area (Å²) in [5.41, 5.74) is 2.52. The molecule has 0 aliphatic carbocycles. The van der Waals surface area contributed by atoms with Crippen LogP contribution in [0.1, 0.15) is 5.56 Å². The number of benzene rings is 6.